The molecule has 220 valence electrons. The first-order valence-corrected chi connectivity index (χ1v) is 15.4. The molecule has 2 unspecified atom stereocenters. The van der Waals surface area contributed by atoms with E-state index in [1.807, 2.05) is 39.8 Å². The van der Waals surface area contributed by atoms with E-state index in [0.717, 1.165) is 9.87 Å². The largest absolute Gasteiger partial charge is 0.352 e. The Balaban J connectivity index is 2.05. The fourth-order valence-corrected chi connectivity index (χ4v) is 5.86. The van der Waals surface area contributed by atoms with Crippen LogP contribution in [0.25, 0.3) is 0 Å². The van der Waals surface area contributed by atoms with Crippen LogP contribution in [0.1, 0.15) is 64.5 Å². The molecule has 2 amide bonds. The van der Waals surface area contributed by atoms with Gasteiger partial charge in [0.05, 0.1) is 10.6 Å². The number of hydrogen-bond acceptors (Lipinski definition) is 4. The van der Waals surface area contributed by atoms with Crippen molar-refractivity contribution in [3.05, 3.63) is 95.8 Å². The van der Waals surface area contributed by atoms with Gasteiger partial charge < -0.3 is 10.2 Å². The lowest BCUT2D eigenvalue weighted by Crippen LogP contribution is -2.53. The lowest BCUT2D eigenvalue weighted by molar-refractivity contribution is -0.140. The van der Waals surface area contributed by atoms with Crippen molar-refractivity contribution in [2.45, 2.75) is 76.9 Å². The van der Waals surface area contributed by atoms with Gasteiger partial charge in [0.25, 0.3) is 10.0 Å². The third kappa shape index (κ3) is 8.16. The van der Waals surface area contributed by atoms with Crippen molar-refractivity contribution >= 4 is 27.5 Å². The smallest absolute Gasteiger partial charge is 0.264 e. The van der Waals surface area contributed by atoms with E-state index < -0.39 is 34.3 Å². The number of amides is 2. The Kier molecular flexibility index (Phi) is 11.1. The molecule has 0 heterocycles. The molecular weight excluding hydrogens is 541 g/mol. The molecule has 0 aliphatic rings. The first kappa shape index (κ1) is 31.8. The Bertz CT molecular complexity index is 1400. The number of nitrogens with zero attached hydrogens (tertiary/aromatic N) is 2. The molecule has 3 aromatic carbocycles. The molecule has 0 spiro atoms. The number of nitrogens with one attached hydrogen (secondary N) is 1. The number of rotatable bonds is 13. The van der Waals surface area contributed by atoms with Gasteiger partial charge >= 0.3 is 0 Å². The molecule has 7 nitrogen and oxygen atoms in total. The van der Waals surface area contributed by atoms with E-state index in [1.54, 1.807) is 49.4 Å². The third-order valence-corrected chi connectivity index (χ3v) is 8.90. The molecule has 0 fully saturated rings. The molecule has 3 aromatic rings. The summed E-state index contributed by atoms with van der Waals surface area (Å²) in [5, 5.41) is 2.94. The molecule has 0 aliphatic carbocycles. The van der Waals surface area contributed by atoms with Crippen molar-refractivity contribution < 1.29 is 22.4 Å². The number of carbonyl (C=O) groups is 2. The molecule has 0 saturated heterocycles. The van der Waals surface area contributed by atoms with Crippen LogP contribution in [0.3, 0.4) is 0 Å². The summed E-state index contributed by atoms with van der Waals surface area (Å²) in [5.74, 6) is -1.05. The molecule has 0 bridgehead atoms. The summed E-state index contributed by atoms with van der Waals surface area (Å²) in [6.07, 6.45) is 1.02. The Labute approximate surface area is 243 Å². The van der Waals surface area contributed by atoms with E-state index in [-0.39, 0.29) is 29.3 Å². The van der Waals surface area contributed by atoms with Gasteiger partial charge in [0.2, 0.25) is 11.8 Å². The number of carbonyl (C=O) groups excluding carboxylic acids is 2. The summed E-state index contributed by atoms with van der Waals surface area (Å²) in [7, 11) is -4.13. The second-order valence-electron chi connectivity index (χ2n) is 10.5. The quantitative estimate of drug-likeness (QED) is 0.274. The molecular formula is C32H40FN3O4S. The van der Waals surface area contributed by atoms with Gasteiger partial charge in [-0.05, 0) is 73.2 Å². The van der Waals surface area contributed by atoms with Crippen molar-refractivity contribution in [1.82, 2.24) is 10.2 Å². The summed E-state index contributed by atoms with van der Waals surface area (Å²) < 4.78 is 42.5. The zero-order valence-electron chi connectivity index (χ0n) is 24.4. The first-order valence-electron chi connectivity index (χ1n) is 14.0. The highest BCUT2D eigenvalue weighted by molar-refractivity contribution is 7.92. The van der Waals surface area contributed by atoms with Gasteiger partial charge in [0.15, 0.2) is 0 Å². The van der Waals surface area contributed by atoms with Crippen LogP contribution in [0.2, 0.25) is 0 Å². The second kappa shape index (κ2) is 14.3. The van der Waals surface area contributed by atoms with Gasteiger partial charge in [0, 0.05) is 12.6 Å². The molecule has 0 saturated carbocycles. The Morgan fingerprint density at radius 3 is 2.00 bits per heavy atom. The molecule has 41 heavy (non-hydrogen) atoms. The van der Waals surface area contributed by atoms with Gasteiger partial charge in [0.1, 0.15) is 18.4 Å². The number of halogens is 1. The number of hydrogen-bond donors (Lipinski definition) is 1. The zero-order chi connectivity index (χ0) is 30.2. The second-order valence-corrected chi connectivity index (χ2v) is 12.3. The van der Waals surface area contributed by atoms with Crippen molar-refractivity contribution in [3.8, 4) is 0 Å². The molecule has 2 atom stereocenters. The Hall–Kier alpha value is -3.72. The minimum atomic E-state index is -4.13. The number of sulfonamides is 1. The number of benzene rings is 3. The van der Waals surface area contributed by atoms with Crippen LogP contribution in [0, 0.1) is 5.82 Å². The molecule has 1 N–H and O–H groups in total. The van der Waals surface area contributed by atoms with Crippen LogP contribution >= 0.6 is 0 Å². The van der Waals surface area contributed by atoms with Gasteiger partial charge in [-0.3, -0.25) is 13.9 Å². The van der Waals surface area contributed by atoms with Crippen LogP contribution in [0.4, 0.5) is 10.1 Å². The van der Waals surface area contributed by atoms with Gasteiger partial charge in [-0.25, -0.2) is 12.8 Å². The highest BCUT2D eigenvalue weighted by atomic mass is 32.2. The SMILES string of the molecule is CCC(C)NC(=O)C(CC)N(Cc1ccc(F)cc1)C(=O)CN(c1ccc(C(C)C)cc1)S(=O)(=O)c1ccccc1. The summed E-state index contributed by atoms with van der Waals surface area (Å²) in [4.78, 5) is 28.8. The van der Waals surface area contributed by atoms with E-state index in [0.29, 0.717) is 24.1 Å². The van der Waals surface area contributed by atoms with Gasteiger partial charge in [-0.2, -0.15) is 0 Å². The van der Waals surface area contributed by atoms with Crippen molar-refractivity contribution in [2.75, 3.05) is 10.8 Å². The van der Waals surface area contributed by atoms with E-state index >= 15 is 0 Å². The predicted molar refractivity (Wildman–Crippen MR) is 160 cm³/mol. The van der Waals surface area contributed by atoms with Crippen molar-refractivity contribution in [1.29, 1.82) is 0 Å². The van der Waals surface area contributed by atoms with E-state index in [1.165, 1.54) is 29.2 Å². The van der Waals surface area contributed by atoms with E-state index in [4.69, 9.17) is 0 Å². The fourth-order valence-electron chi connectivity index (χ4n) is 4.42. The lowest BCUT2D eigenvalue weighted by Gasteiger charge is -2.33. The summed E-state index contributed by atoms with van der Waals surface area (Å²) in [6.45, 7) is 9.20. The summed E-state index contributed by atoms with van der Waals surface area (Å²) in [6, 6.07) is 19.8. The maximum absolute atomic E-state index is 14.1. The van der Waals surface area contributed by atoms with Gasteiger partial charge in [-0.1, -0.05) is 70.2 Å². The van der Waals surface area contributed by atoms with Crippen LogP contribution in [0.15, 0.2) is 83.8 Å². The van der Waals surface area contributed by atoms with E-state index in [9.17, 15) is 22.4 Å². The summed E-state index contributed by atoms with van der Waals surface area (Å²) >= 11 is 0. The normalized spacial score (nSPS) is 13.0. The molecule has 9 heteroatoms. The highest BCUT2D eigenvalue weighted by Crippen LogP contribution is 2.27. The molecule has 0 radical (unpaired) electrons. The zero-order valence-corrected chi connectivity index (χ0v) is 25.2. The van der Waals surface area contributed by atoms with Crippen LogP contribution < -0.4 is 9.62 Å². The Morgan fingerprint density at radius 2 is 1.46 bits per heavy atom. The van der Waals surface area contributed by atoms with Crippen LogP contribution in [0.5, 0.6) is 0 Å². The summed E-state index contributed by atoms with van der Waals surface area (Å²) in [5.41, 5.74) is 1.99. The van der Waals surface area contributed by atoms with Crippen molar-refractivity contribution in [2.24, 2.45) is 0 Å². The molecule has 0 aliphatic heterocycles. The maximum Gasteiger partial charge on any atom is 0.264 e. The van der Waals surface area contributed by atoms with Crippen LogP contribution in [-0.4, -0.2) is 43.8 Å². The fraction of sp³-hybridized carbons (Fsp3) is 0.375. The van der Waals surface area contributed by atoms with Gasteiger partial charge in [-0.15, -0.1) is 0 Å². The minimum Gasteiger partial charge on any atom is -0.352 e. The molecule has 0 aromatic heterocycles. The average molecular weight is 582 g/mol. The third-order valence-electron chi connectivity index (χ3n) is 7.11. The van der Waals surface area contributed by atoms with Crippen LogP contribution in [-0.2, 0) is 26.2 Å². The predicted octanol–water partition coefficient (Wildman–Crippen LogP) is 5.87. The highest BCUT2D eigenvalue weighted by Gasteiger charge is 2.34. The lowest BCUT2D eigenvalue weighted by atomic mass is 10.0. The monoisotopic (exact) mass is 581 g/mol. The molecule has 3 rings (SSSR count). The topological polar surface area (TPSA) is 86.8 Å². The van der Waals surface area contributed by atoms with Crippen molar-refractivity contribution in [3.63, 3.8) is 0 Å². The minimum absolute atomic E-state index is 0.0110. The standard InChI is InChI=1S/C32H40FN3O4S/c1-6-24(5)34-32(38)30(7-2)35(21-25-13-17-27(33)18-14-25)31(37)22-36(28-19-15-26(16-20-28)23(3)4)41(39,40)29-11-9-8-10-12-29/h8-20,23-24,30H,6-7,21-22H2,1-5H3,(H,34,38). The first-order chi connectivity index (χ1) is 19.5. The van der Waals surface area contributed by atoms with E-state index in [2.05, 4.69) is 5.32 Å². The maximum atomic E-state index is 14.1. The Morgan fingerprint density at radius 1 is 0.854 bits per heavy atom. The average Bonchev–Trinajstić information content (AvgIpc) is 2.97. The number of anilines is 1.